The maximum atomic E-state index is 13.6. The minimum absolute atomic E-state index is 0.223. The molecule has 0 N–H and O–H groups in total. The molecule has 0 unspecified atom stereocenters. The summed E-state index contributed by atoms with van der Waals surface area (Å²) in [5.41, 5.74) is 2.24. The van der Waals surface area contributed by atoms with Crippen LogP contribution >= 0.6 is 39.1 Å². The summed E-state index contributed by atoms with van der Waals surface area (Å²) in [5.74, 6) is 0.465. The predicted molar refractivity (Wildman–Crippen MR) is 83.3 cm³/mol. The number of imidazole rings is 1. The zero-order valence-corrected chi connectivity index (χ0v) is 13.2. The molecule has 102 valence electrons. The number of fused-ring (bicyclic) bond motifs is 1. The first-order valence-corrected chi connectivity index (χ1v) is 7.48. The van der Waals surface area contributed by atoms with E-state index in [2.05, 4.69) is 20.9 Å². The zero-order valence-electron chi connectivity index (χ0n) is 10.1. The zero-order chi connectivity index (χ0) is 14.3. The molecule has 0 saturated carbocycles. The van der Waals surface area contributed by atoms with Crippen molar-refractivity contribution in [2.45, 2.75) is 5.88 Å². The van der Waals surface area contributed by atoms with Crippen molar-refractivity contribution in [1.29, 1.82) is 0 Å². The van der Waals surface area contributed by atoms with Crippen LogP contribution < -0.4 is 0 Å². The van der Waals surface area contributed by atoms with E-state index in [1.165, 1.54) is 12.1 Å². The molecular formula is C14H8BrCl2FN2. The van der Waals surface area contributed by atoms with Crippen molar-refractivity contribution < 1.29 is 4.39 Å². The van der Waals surface area contributed by atoms with E-state index in [-0.39, 0.29) is 5.88 Å². The molecule has 1 aromatic heterocycles. The van der Waals surface area contributed by atoms with E-state index in [0.717, 1.165) is 15.5 Å². The molecule has 20 heavy (non-hydrogen) atoms. The first kappa shape index (κ1) is 13.9. The highest BCUT2D eigenvalue weighted by atomic mass is 79.9. The van der Waals surface area contributed by atoms with Crippen molar-refractivity contribution in [3.05, 3.63) is 57.5 Å². The summed E-state index contributed by atoms with van der Waals surface area (Å²) in [6.45, 7) is 0. The Morgan fingerprint density at radius 2 is 2.00 bits per heavy atom. The Labute approximate surface area is 133 Å². The lowest BCUT2D eigenvalue weighted by molar-refractivity contribution is 0.626. The third-order valence-corrected chi connectivity index (χ3v) is 3.86. The van der Waals surface area contributed by atoms with Crippen LogP contribution in [0.3, 0.4) is 0 Å². The molecule has 2 aromatic carbocycles. The van der Waals surface area contributed by atoms with Crippen LogP contribution in [-0.4, -0.2) is 9.55 Å². The van der Waals surface area contributed by atoms with Gasteiger partial charge in [-0.3, -0.25) is 4.57 Å². The van der Waals surface area contributed by atoms with Gasteiger partial charge >= 0.3 is 0 Å². The molecule has 0 amide bonds. The van der Waals surface area contributed by atoms with Crippen molar-refractivity contribution in [3.8, 4) is 5.69 Å². The average Bonchev–Trinajstić information content (AvgIpc) is 2.75. The number of aromatic nitrogens is 2. The van der Waals surface area contributed by atoms with E-state index in [9.17, 15) is 4.39 Å². The summed E-state index contributed by atoms with van der Waals surface area (Å²) < 4.78 is 16.3. The van der Waals surface area contributed by atoms with Gasteiger partial charge in [0.25, 0.3) is 0 Å². The molecule has 2 nitrogen and oxygen atoms in total. The smallest absolute Gasteiger partial charge is 0.129 e. The molecule has 6 heteroatoms. The lowest BCUT2D eigenvalue weighted by Crippen LogP contribution is -2.00. The number of rotatable bonds is 2. The fraction of sp³-hybridized carbons (Fsp3) is 0.0714. The largest absolute Gasteiger partial charge is 0.295 e. The third kappa shape index (κ3) is 2.43. The van der Waals surface area contributed by atoms with E-state index < -0.39 is 5.82 Å². The highest BCUT2D eigenvalue weighted by Crippen LogP contribution is 2.27. The Hall–Kier alpha value is -1.10. The van der Waals surface area contributed by atoms with Crippen LogP contribution in [0.15, 0.2) is 40.9 Å². The first-order valence-electron chi connectivity index (χ1n) is 5.78. The molecule has 0 aliphatic carbocycles. The summed E-state index contributed by atoms with van der Waals surface area (Å²) >= 11 is 15.3. The van der Waals surface area contributed by atoms with Crippen LogP contribution in [0.25, 0.3) is 16.7 Å². The third-order valence-electron chi connectivity index (χ3n) is 2.91. The summed E-state index contributed by atoms with van der Waals surface area (Å²) in [5, 5.41) is 0.331. The molecule has 1 heterocycles. The molecule has 0 atom stereocenters. The minimum atomic E-state index is -0.398. The second-order valence-electron chi connectivity index (χ2n) is 4.26. The fourth-order valence-electron chi connectivity index (χ4n) is 2.14. The second kappa shape index (κ2) is 5.35. The monoisotopic (exact) mass is 372 g/mol. The standard InChI is InChI=1S/C14H8BrCl2FN2/c15-8-1-2-12-13(3-8)20(14(7-16)19-12)11-5-9(17)4-10(18)6-11/h1-6H,7H2. The summed E-state index contributed by atoms with van der Waals surface area (Å²) in [6, 6.07) is 10.0. The molecule has 3 aromatic rings. The van der Waals surface area contributed by atoms with Crippen LogP contribution in [0.1, 0.15) is 5.82 Å². The number of alkyl halides is 1. The maximum Gasteiger partial charge on any atom is 0.129 e. The van der Waals surface area contributed by atoms with Gasteiger partial charge in [-0.1, -0.05) is 27.5 Å². The van der Waals surface area contributed by atoms with Gasteiger partial charge in [0.2, 0.25) is 0 Å². The van der Waals surface area contributed by atoms with E-state index in [4.69, 9.17) is 23.2 Å². The van der Waals surface area contributed by atoms with Gasteiger partial charge in [0.1, 0.15) is 11.6 Å². The Balaban J connectivity index is 2.35. The van der Waals surface area contributed by atoms with Crippen LogP contribution in [0, 0.1) is 5.82 Å². The molecule has 0 radical (unpaired) electrons. The van der Waals surface area contributed by atoms with Crippen molar-refractivity contribution in [2.24, 2.45) is 0 Å². The van der Waals surface area contributed by atoms with E-state index >= 15 is 0 Å². The maximum absolute atomic E-state index is 13.6. The van der Waals surface area contributed by atoms with Gasteiger partial charge in [0, 0.05) is 9.50 Å². The van der Waals surface area contributed by atoms with Crippen molar-refractivity contribution in [3.63, 3.8) is 0 Å². The SMILES string of the molecule is Fc1cc(Cl)cc(-n2c(CCl)nc3ccc(Br)cc32)c1. The molecule has 0 fully saturated rings. The fourth-order valence-corrected chi connectivity index (χ4v) is 2.89. The summed E-state index contributed by atoms with van der Waals surface area (Å²) in [6.07, 6.45) is 0. The Morgan fingerprint density at radius 3 is 2.70 bits per heavy atom. The molecular weight excluding hydrogens is 366 g/mol. The number of hydrogen-bond donors (Lipinski definition) is 0. The van der Waals surface area contributed by atoms with Crippen molar-refractivity contribution in [2.75, 3.05) is 0 Å². The van der Waals surface area contributed by atoms with Crippen molar-refractivity contribution in [1.82, 2.24) is 9.55 Å². The highest BCUT2D eigenvalue weighted by molar-refractivity contribution is 9.10. The number of halogens is 4. The van der Waals surface area contributed by atoms with Crippen LogP contribution in [-0.2, 0) is 5.88 Å². The van der Waals surface area contributed by atoms with Gasteiger partial charge in [-0.05, 0) is 36.4 Å². The minimum Gasteiger partial charge on any atom is -0.295 e. The van der Waals surface area contributed by atoms with Crippen LogP contribution in [0.2, 0.25) is 5.02 Å². The Morgan fingerprint density at radius 1 is 1.20 bits per heavy atom. The number of benzene rings is 2. The van der Waals surface area contributed by atoms with Gasteiger partial charge in [-0.25, -0.2) is 9.37 Å². The van der Waals surface area contributed by atoms with Gasteiger partial charge < -0.3 is 0 Å². The van der Waals surface area contributed by atoms with Crippen LogP contribution in [0.4, 0.5) is 4.39 Å². The average molecular weight is 374 g/mol. The number of hydrogen-bond acceptors (Lipinski definition) is 1. The van der Waals surface area contributed by atoms with Crippen LogP contribution in [0.5, 0.6) is 0 Å². The normalized spacial score (nSPS) is 11.2. The van der Waals surface area contributed by atoms with Gasteiger partial charge in [-0.2, -0.15) is 0 Å². The van der Waals surface area contributed by atoms with E-state index in [1.54, 1.807) is 6.07 Å². The summed E-state index contributed by atoms with van der Waals surface area (Å²) in [4.78, 5) is 4.45. The predicted octanol–water partition coefficient (Wildman–Crippen LogP) is 5.32. The van der Waals surface area contributed by atoms with E-state index in [0.29, 0.717) is 16.5 Å². The lowest BCUT2D eigenvalue weighted by Gasteiger charge is -2.08. The van der Waals surface area contributed by atoms with Crippen molar-refractivity contribution >= 4 is 50.2 Å². The Kier molecular flexibility index (Phi) is 3.71. The Bertz CT molecular complexity index is 781. The quantitative estimate of drug-likeness (QED) is 0.556. The van der Waals surface area contributed by atoms with E-state index in [1.807, 2.05) is 22.8 Å². The highest BCUT2D eigenvalue weighted by Gasteiger charge is 2.13. The van der Waals surface area contributed by atoms with Gasteiger partial charge in [0.15, 0.2) is 0 Å². The van der Waals surface area contributed by atoms with Gasteiger partial charge in [0.05, 0.1) is 22.6 Å². The topological polar surface area (TPSA) is 17.8 Å². The molecule has 0 spiro atoms. The first-order chi connectivity index (χ1) is 9.58. The molecule has 3 rings (SSSR count). The lowest BCUT2D eigenvalue weighted by atomic mass is 10.2. The number of nitrogens with zero attached hydrogens (tertiary/aromatic N) is 2. The van der Waals surface area contributed by atoms with Gasteiger partial charge in [-0.15, -0.1) is 11.6 Å². The molecule has 0 bridgehead atoms. The molecule has 0 saturated heterocycles. The molecule has 0 aliphatic rings. The molecule has 0 aliphatic heterocycles. The second-order valence-corrected chi connectivity index (χ2v) is 5.88. The summed E-state index contributed by atoms with van der Waals surface area (Å²) in [7, 11) is 0.